The molecule has 0 saturated carbocycles. The Morgan fingerprint density at radius 3 is 2.59 bits per heavy atom. The zero-order valence-electron chi connectivity index (χ0n) is 19.8. The normalized spacial score (nSPS) is 21.5. The van der Waals surface area contributed by atoms with Gasteiger partial charge in [-0.05, 0) is 49.2 Å². The molecule has 0 aromatic rings. The molecule has 4 unspecified atom stereocenters. The maximum Gasteiger partial charge on any atom is 0.316 e. The Hall–Kier alpha value is -2.64. The van der Waals surface area contributed by atoms with Gasteiger partial charge in [0.25, 0.3) is 0 Å². The van der Waals surface area contributed by atoms with Crippen LogP contribution in [0.15, 0.2) is 24.2 Å². The Morgan fingerprint density at radius 1 is 1.25 bits per heavy atom. The Morgan fingerprint density at radius 2 is 1.97 bits per heavy atom. The molecular weight excluding hydrogens is 410 g/mol. The molecule has 0 aromatic heterocycles. The zero-order valence-corrected chi connectivity index (χ0v) is 19.8. The highest BCUT2D eigenvalue weighted by molar-refractivity contribution is 6.00. The summed E-state index contributed by atoms with van der Waals surface area (Å²) in [6.07, 6.45) is 9.41. The summed E-state index contributed by atoms with van der Waals surface area (Å²) in [6, 6.07) is -2.68. The molecule has 2 N–H and O–H groups in total. The van der Waals surface area contributed by atoms with Gasteiger partial charge in [0.05, 0.1) is 18.3 Å². The van der Waals surface area contributed by atoms with E-state index in [4.69, 9.17) is 4.74 Å². The first-order valence-electron chi connectivity index (χ1n) is 11.5. The Balaban J connectivity index is 2.17. The lowest BCUT2D eigenvalue weighted by atomic mass is 9.85. The molecule has 2 aliphatic rings. The van der Waals surface area contributed by atoms with Crippen LogP contribution < -0.4 is 10.6 Å². The molecule has 0 bridgehead atoms. The number of urea groups is 1. The second kappa shape index (κ2) is 11.3. The van der Waals surface area contributed by atoms with E-state index in [1.165, 1.54) is 11.2 Å². The minimum atomic E-state index is -0.841. The van der Waals surface area contributed by atoms with Crippen LogP contribution in [0.3, 0.4) is 0 Å². The van der Waals surface area contributed by atoms with Gasteiger partial charge in [-0.15, -0.1) is 0 Å². The molecule has 0 radical (unpaired) electrons. The van der Waals surface area contributed by atoms with Crippen LogP contribution in [-0.2, 0) is 19.1 Å². The highest BCUT2D eigenvalue weighted by Gasteiger charge is 2.40. The maximum atomic E-state index is 13.2. The summed E-state index contributed by atoms with van der Waals surface area (Å²) in [5.74, 6) is -0.487. The van der Waals surface area contributed by atoms with Gasteiger partial charge < -0.3 is 25.1 Å². The zero-order chi connectivity index (χ0) is 23.9. The lowest BCUT2D eigenvalue weighted by Gasteiger charge is -2.35. The van der Waals surface area contributed by atoms with Crippen molar-refractivity contribution >= 4 is 24.0 Å². The van der Waals surface area contributed by atoms with Crippen molar-refractivity contribution in [3.8, 4) is 0 Å². The number of allylic oxidation sites excluding steroid dienone is 2. The van der Waals surface area contributed by atoms with Crippen LogP contribution in [0.25, 0.3) is 0 Å². The number of rotatable bonds is 8. The molecule has 32 heavy (non-hydrogen) atoms. The number of ketones is 1. The third kappa shape index (κ3) is 6.43. The number of hydrogen-bond acceptors (Lipinski definition) is 5. The van der Waals surface area contributed by atoms with Crippen molar-refractivity contribution < 1.29 is 23.9 Å². The van der Waals surface area contributed by atoms with E-state index in [2.05, 4.69) is 10.6 Å². The van der Waals surface area contributed by atoms with Gasteiger partial charge in [-0.1, -0.05) is 41.0 Å². The topological polar surface area (TPSA) is 105 Å². The molecule has 8 nitrogen and oxygen atoms in total. The number of nitrogens with zero attached hydrogens (tertiary/aromatic N) is 1. The fourth-order valence-corrected chi connectivity index (χ4v) is 3.90. The van der Waals surface area contributed by atoms with Gasteiger partial charge in [-0.25, -0.2) is 4.79 Å². The van der Waals surface area contributed by atoms with Crippen LogP contribution >= 0.6 is 0 Å². The molecule has 2 rings (SSSR count). The van der Waals surface area contributed by atoms with Gasteiger partial charge in [0.1, 0.15) is 12.3 Å². The average Bonchev–Trinajstić information content (AvgIpc) is 3.07. The second-order valence-electron chi connectivity index (χ2n) is 9.66. The van der Waals surface area contributed by atoms with Crippen molar-refractivity contribution in [2.45, 2.75) is 84.8 Å². The monoisotopic (exact) mass is 447 g/mol. The molecular formula is C24H37N3O5. The first kappa shape index (κ1) is 25.6. The fraction of sp³-hybridized carbons (Fsp3) is 0.667. The molecule has 2 heterocycles. The Kier molecular flexibility index (Phi) is 9.04. The molecule has 0 spiro atoms. The lowest BCUT2D eigenvalue weighted by Crippen LogP contribution is -2.59. The predicted octanol–water partition coefficient (Wildman–Crippen LogP) is 3.08. The molecule has 1 saturated heterocycles. The second-order valence-corrected chi connectivity index (χ2v) is 9.66. The van der Waals surface area contributed by atoms with E-state index in [-0.39, 0.29) is 23.4 Å². The van der Waals surface area contributed by atoms with Crippen molar-refractivity contribution in [1.82, 2.24) is 15.5 Å². The van der Waals surface area contributed by atoms with E-state index in [1.807, 2.05) is 40.7 Å². The van der Waals surface area contributed by atoms with Crippen LogP contribution in [0.4, 0.5) is 4.79 Å². The van der Waals surface area contributed by atoms with Crippen molar-refractivity contribution in [3.63, 3.8) is 0 Å². The van der Waals surface area contributed by atoms with Gasteiger partial charge in [0, 0.05) is 6.54 Å². The van der Waals surface area contributed by atoms with Gasteiger partial charge in [-0.2, -0.15) is 0 Å². The van der Waals surface area contributed by atoms with Crippen LogP contribution in [0, 0.1) is 11.3 Å². The lowest BCUT2D eigenvalue weighted by molar-refractivity contribution is -0.138. The SMILES string of the molecule is CCC(C)C(NC(=O)NC(C(=O)N1CCCC1C=O)C(C)(C)C)C(=O)C1=CCCC=CO1. The van der Waals surface area contributed by atoms with E-state index in [0.717, 1.165) is 19.1 Å². The van der Waals surface area contributed by atoms with E-state index in [0.29, 0.717) is 25.8 Å². The standard InChI is InChI=1S/C24H37N3O5/c1-6-16(2)19(20(29)18-12-8-7-9-14-32-18)25-23(31)26-21(24(3,4)5)22(30)27-13-10-11-17(27)15-28/h9,12,14-17,19,21H,6-8,10-11,13H2,1-5H3,(H2,25,26,31). The minimum Gasteiger partial charge on any atom is -0.462 e. The summed E-state index contributed by atoms with van der Waals surface area (Å²) in [5, 5.41) is 5.55. The van der Waals surface area contributed by atoms with Crippen LogP contribution in [0.5, 0.6) is 0 Å². The molecule has 1 fully saturated rings. The van der Waals surface area contributed by atoms with Gasteiger partial charge in [0.15, 0.2) is 5.76 Å². The summed E-state index contributed by atoms with van der Waals surface area (Å²) in [5.41, 5.74) is -0.585. The van der Waals surface area contributed by atoms with E-state index >= 15 is 0 Å². The molecule has 3 amide bonds. The van der Waals surface area contributed by atoms with Crippen LogP contribution in [0.1, 0.15) is 66.7 Å². The van der Waals surface area contributed by atoms with Crippen molar-refractivity contribution in [1.29, 1.82) is 0 Å². The van der Waals surface area contributed by atoms with Crippen molar-refractivity contribution in [2.24, 2.45) is 11.3 Å². The van der Waals surface area contributed by atoms with Gasteiger partial charge in [0.2, 0.25) is 11.7 Å². The molecule has 4 atom stereocenters. The quantitative estimate of drug-likeness (QED) is 0.557. The van der Waals surface area contributed by atoms with Gasteiger partial charge >= 0.3 is 6.03 Å². The van der Waals surface area contributed by atoms with Crippen LogP contribution in [-0.4, -0.2) is 53.6 Å². The van der Waals surface area contributed by atoms with Crippen LogP contribution in [0.2, 0.25) is 0 Å². The summed E-state index contributed by atoms with van der Waals surface area (Å²) in [6.45, 7) is 9.90. The molecule has 0 aliphatic carbocycles. The summed E-state index contributed by atoms with van der Waals surface area (Å²) >= 11 is 0. The van der Waals surface area contributed by atoms with Crippen molar-refractivity contribution in [2.75, 3.05) is 6.54 Å². The number of aldehydes is 1. The number of Topliss-reactive ketones (excluding diaryl/α,β-unsaturated/α-hetero) is 1. The number of likely N-dealkylation sites (tertiary alicyclic amines) is 1. The maximum absolute atomic E-state index is 13.2. The summed E-state index contributed by atoms with van der Waals surface area (Å²) in [4.78, 5) is 52.2. The Labute approximate surface area is 190 Å². The predicted molar refractivity (Wildman–Crippen MR) is 122 cm³/mol. The molecule has 178 valence electrons. The first-order valence-corrected chi connectivity index (χ1v) is 11.5. The smallest absolute Gasteiger partial charge is 0.316 e. The van der Waals surface area contributed by atoms with E-state index < -0.39 is 29.6 Å². The van der Waals surface area contributed by atoms with Crippen molar-refractivity contribution in [3.05, 3.63) is 24.2 Å². The Bertz CT molecular complexity index is 768. The average molecular weight is 448 g/mol. The highest BCUT2D eigenvalue weighted by atomic mass is 16.5. The van der Waals surface area contributed by atoms with E-state index in [1.54, 1.807) is 6.08 Å². The molecule has 0 aromatic carbocycles. The number of ether oxygens (including phenoxy) is 1. The largest absolute Gasteiger partial charge is 0.462 e. The minimum absolute atomic E-state index is 0.133. The third-order valence-corrected chi connectivity index (χ3v) is 6.11. The number of carbonyl (C=O) groups is 4. The third-order valence-electron chi connectivity index (χ3n) is 6.11. The number of hydrogen-bond donors (Lipinski definition) is 2. The van der Waals surface area contributed by atoms with E-state index in [9.17, 15) is 19.2 Å². The number of amides is 3. The highest BCUT2D eigenvalue weighted by Crippen LogP contribution is 2.25. The molecule has 8 heteroatoms. The molecule has 2 aliphatic heterocycles. The number of nitrogens with one attached hydrogen (secondary N) is 2. The first-order chi connectivity index (χ1) is 15.1. The van der Waals surface area contributed by atoms with Gasteiger partial charge in [-0.3, -0.25) is 9.59 Å². The summed E-state index contributed by atoms with van der Waals surface area (Å²) < 4.78 is 5.45. The fourth-order valence-electron chi connectivity index (χ4n) is 3.90. The number of carbonyl (C=O) groups excluding carboxylic acids is 4. The summed E-state index contributed by atoms with van der Waals surface area (Å²) in [7, 11) is 0.